The Kier molecular flexibility index (Phi) is 5.38. The van der Waals surface area contributed by atoms with Gasteiger partial charge in [-0.1, -0.05) is 59.0 Å². The zero-order chi connectivity index (χ0) is 16.1. The fourth-order valence-electron chi connectivity index (χ4n) is 1.72. The number of nitrogens with zero attached hydrogens (tertiary/aromatic N) is 3. The Morgan fingerprint density at radius 2 is 1.83 bits per heavy atom. The Morgan fingerprint density at radius 1 is 1.09 bits per heavy atom. The molecular formula is C16H11ClFN3S2. The van der Waals surface area contributed by atoms with E-state index in [1.807, 2.05) is 24.3 Å². The van der Waals surface area contributed by atoms with Gasteiger partial charge in [0.1, 0.15) is 5.82 Å². The van der Waals surface area contributed by atoms with E-state index < -0.39 is 0 Å². The molecule has 3 nitrogen and oxygen atoms in total. The molecule has 0 unspecified atom stereocenters. The predicted molar refractivity (Wildman–Crippen MR) is 94.6 cm³/mol. The summed E-state index contributed by atoms with van der Waals surface area (Å²) in [5.74, 6) is 0.534. The number of rotatable bonds is 5. The van der Waals surface area contributed by atoms with Gasteiger partial charge in [0.2, 0.25) is 5.13 Å². The van der Waals surface area contributed by atoms with Crippen molar-refractivity contribution in [3.05, 3.63) is 70.5 Å². The second kappa shape index (κ2) is 7.68. The number of hydrogen-bond acceptors (Lipinski definition) is 5. The van der Waals surface area contributed by atoms with Crippen molar-refractivity contribution in [3.8, 4) is 0 Å². The van der Waals surface area contributed by atoms with E-state index in [0.717, 1.165) is 20.7 Å². The highest BCUT2D eigenvalue weighted by atomic mass is 35.5. The first-order chi connectivity index (χ1) is 11.2. The van der Waals surface area contributed by atoms with E-state index in [2.05, 4.69) is 15.2 Å². The van der Waals surface area contributed by atoms with Gasteiger partial charge in [0, 0.05) is 17.0 Å². The van der Waals surface area contributed by atoms with Crippen LogP contribution < -0.4 is 0 Å². The first-order valence-corrected chi connectivity index (χ1v) is 8.87. The zero-order valence-electron chi connectivity index (χ0n) is 11.8. The third-order valence-electron chi connectivity index (χ3n) is 2.87. The summed E-state index contributed by atoms with van der Waals surface area (Å²) in [5, 5.41) is 9.44. The van der Waals surface area contributed by atoms with Gasteiger partial charge in [-0.25, -0.2) is 9.38 Å². The fraction of sp³-hybridized carbons (Fsp3) is 0.0625. The third kappa shape index (κ3) is 4.86. The van der Waals surface area contributed by atoms with E-state index >= 15 is 0 Å². The summed E-state index contributed by atoms with van der Waals surface area (Å²) in [7, 11) is 0. The van der Waals surface area contributed by atoms with Crippen LogP contribution >= 0.6 is 34.7 Å². The summed E-state index contributed by atoms with van der Waals surface area (Å²) < 4.78 is 13.7. The van der Waals surface area contributed by atoms with Gasteiger partial charge in [-0.05, 0) is 35.4 Å². The van der Waals surface area contributed by atoms with Gasteiger partial charge in [-0.2, -0.15) is 0 Å². The number of thioether (sulfide) groups is 1. The van der Waals surface area contributed by atoms with Gasteiger partial charge < -0.3 is 0 Å². The van der Waals surface area contributed by atoms with Gasteiger partial charge >= 0.3 is 0 Å². The SMILES string of the molecule is Fc1ccc(/C=N/c2nnc(SCc3ccc(Cl)cc3)s2)cc1. The molecule has 1 heterocycles. The Bertz CT molecular complexity index is 801. The third-order valence-corrected chi connectivity index (χ3v) is 5.15. The van der Waals surface area contributed by atoms with Gasteiger partial charge in [-0.3, -0.25) is 0 Å². The van der Waals surface area contributed by atoms with Crippen LogP contribution in [0.3, 0.4) is 0 Å². The van der Waals surface area contributed by atoms with Crippen molar-refractivity contribution in [1.29, 1.82) is 0 Å². The highest BCUT2D eigenvalue weighted by Gasteiger charge is 2.04. The molecule has 1 aromatic heterocycles. The molecule has 0 atom stereocenters. The molecule has 0 amide bonds. The van der Waals surface area contributed by atoms with Crippen molar-refractivity contribution in [2.45, 2.75) is 10.1 Å². The Balaban J connectivity index is 1.59. The zero-order valence-corrected chi connectivity index (χ0v) is 14.2. The minimum atomic E-state index is -0.265. The Labute approximate surface area is 146 Å². The number of hydrogen-bond donors (Lipinski definition) is 0. The van der Waals surface area contributed by atoms with Crippen LogP contribution in [0.1, 0.15) is 11.1 Å². The van der Waals surface area contributed by atoms with Crippen LogP contribution in [0.25, 0.3) is 0 Å². The Morgan fingerprint density at radius 3 is 2.57 bits per heavy atom. The highest BCUT2D eigenvalue weighted by molar-refractivity contribution is 8.00. The maximum Gasteiger partial charge on any atom is 0.232 e. The molecule has 0 aliphatic rings. The van der Waals surface area contributed by atoms with E-state index in [9.17, 15) is 4.39 Å². The van der Waals surface area contributed by atoms with E-state index in [-0.39, 0.29) is 5.82 Å². The van der Waals surface area contributed by atoms with Gasteiger partial charge in [-0.15, -0.1) is 10.2 Å². The molecule has 3 aromatic rings. The van der Waals surface area contributed by atoms with Crippen LogP contribution in [0.2, 0.25) is 5.02 Å². The van der Waals surface area contributed by atoms with Crippen molar-refractivity contribution in [2.24, 2.45) is 4.99 Å². The maximum atomic E-state index is 12.8. The molecule has 0 bridgehead atoms. The first-order valence-electron chi connectivity index (χ1n) is 6.69. The lowest BCUT2D eigenvalue weighted by molar-refractivity contribution is 0.628. The lowest BCUT2D eigenvalue weighted by atomic mass is 10.2. The summed E-state index contributed by atoms with van der Waals surface area (Å²) in [6.45, 7) is 0. The standard InChI is InChI=1S/C16H11ClFN3S2/c17-13-5-1-12(2-6-13)10-22-16-21-20-15(23-16)19-9-11-3-7-14(18)8-4-11/h1-9H,10H2/b19-9+. The smallest absolute Gasteiger partial charge is 0.226 e. The molecule has 0 aliphatic heterocycles. The molecule has 0 saturated carbocycles. The summed E-state index contributed by atoms with van der Waals surface area (Å²) in [5.41, 5.74) is 1.99. The monoisotopic (exact) mass is 363 g/mol. The molecule has 0 spiro atoms. The molecular weight excluding hydrogens is 353 g/mol. The van der Waals surface area contributed by atoms with Gasteiger partial charge in [0.25, 0.3) is 0 Å². The van der Waals surface area contributed by atoms with Crippen LogP contribution in [0.5, 0.6) is 0 Å². The normalized spacial score (nSPS) is 11.2. The largest absolute Gasteiger partial charge is 0.232 e. The molecule has 0 radical (unpaired) electrons. The molecule has 0 saturated heterocycles. The van der Waals surface area contributed by atoms with Crippen molar-refractivity contribution >= 4 is 46.0 Å². The number of aliphatic imine (C=N–C) groups is 1. The van der Waals surface area contributed by atoms with E-state index in [4.69, 9.17) is 11.6 Å². The predicted octanol–water partition coefficient (Wildman–Crippen LogP) is 5.37. The summed E-state index contributed by atoms with van der Waals surface area (Å²) in [6, 6.07) is 13.8. The molecule has 3 rings (SSSR count). The minimum absolute atomic E-state index is 0.265. The quantitative estimate of drug-likeness (QED) is 0.451. The summed E-state index contributed by atoms with van der Waals surface area (Å²) in [4.78, 5) is 4.26. The second-order valence-corrected chi connectivity index (χ2v) is 7.19. The van der Waals surface area contributed by atoms with Crippen LogP contribution in [0, 0.1) is 5.82 Å². The number of benzene rings is 2. The first kappa shape index (κ1) is 16.1. The lowest BCUT2D eigenvalue weighted by Crippen LogP contribution is -1.80. The van der Waals surface area contributed by atoms with Crippen molar-refractivity contribution in [1.82, 2.24) is 10.2 Å². The molecule has 2 aromatic carbocycles. The summed E-state index contributed by atoms with van der Waals surface area (Å²) >= 11 is 8.88. The van der Waals surface area contributed by atoms with E-state index in [0.29, 0.717) is 5.13 Å². The van der Waals surface area contributed by atoms with Crippen LogP contribution in [-0.2, 0) is 5.75 Å². The highest BCUT2D eigenvalue weighted by Crippen LogP contribution is 2.29. The molecule has 0 fully saturated rings. The topological polar surface area (TPSA) is 38.1 Å². The number of aromatic nitrogens is 2. The van der Waals surface area contributed by atoms with Gasteiger partial charge in [0.05, 0.1) is 0 Å². The average Bonchev–Trinajstić information content (AvgIpc) is 3.02. The van der Waals surface area contributed by atoms with Crippen molar-refractivity contribution in [3.63, 3.8) is 0 Å². The summed E-state index contributed by atoms with van der Waals surface area (Å²) in [6.07, 6.45) is 1.65. The van der Waals surface area contributed by atoms with Crippen molar-refractivity contribution < 1.29 is 4.39 Å². The molecule has 0 aliphatic carbocycles. The molecule has 0 N–H and O–H groups in total. The average molecular weight is 364 g/mol. The molecule has 116 valence electrons. The fourth-order valence-corrected chi connectivity index (χ4v) is 3.49. The van der Waals surface area contributed by atoms with Crippen molar-refractivity contribution in [2.75, 3.05) is 0 Å². The van der Waals surface area contributed by atoms with Crippen LogP contribution in [-0.4, -0.2) is 16.4 Å². The molecule has 23 heavy (non-hydrogen) atoms. The Hall–Kier alpha value is -1.76. The van der Waals surface area contributed by atoms with Gasteiger partial charge in [0.15, 0.2) is 4.34 Å². The second-order valence-electron chi connectivity index (χ2n) is 4.58. The van der Waals surface area contributed by atoms with E-state index in [1.165, 1.54) is 29.0 Å². The van der Waals surface area contributed by atoms with Crippen LogP contribution in [0.4, 0.5) is 9.52 Å². The minimum Gasteiger partial charge on any atom is -0.226 e. The van der Waals surface area contributed by atoms with Crippen LogP contribution in [0.15, 0.2) is 57.9 Å². The molecule has 7 heteroatoms. The van der Waals surface area contributed by atoms with E-state index in [1.54, 1.807) is 30.1 Å². The number of halogens is 2. The lowest BCUT2D eigenvalue weighted by Gasteiger charge is -1.98. The maximum absolute atomic E-state index is 12.8.